The number of nitrogens with one attached hydrogen (secondary N) is 1. The lowest BCUT2D eigenvalue weighted by Gasteiger charge is -2.38. The van der Waals surface area contributed by atoms with Crippen LogP contribution in [0.3, 0.4) is 0 Å². The molecule has 1 aliphatic rings. The number of aryl methyl sites for hydroxylation is 1. The molecule has 2 aromatic heterocycles. The quantitative estimate of drug-likeness (QED) is 0.253. The van der Waals surface area contributed by atoms with Crippen LogP contribution >= 0.6 is 0 Å². The van der Waals surface area contributed by atoms with E-state index in [4.69, 9.17) is 30.4 Å². The number of aromatic nitrogens is 3. The van der Waals surface area contributed by atoms with Crippen molar-refractivity contribution in [2.45, 2.75) is 72.2 Å². The first kappa shape index (κ1) is 27.3. The van der Waals surface area contributed by atoms with E-state index in [-0.39, 0.29) is 17.0 Å². The average Bonchev–Trinajstić information content (AvgIpc) is 3.19. The summed E-state index contributed by atoms with van der Waals surface area (Å²) < 4.78 is 14.3. The molecule has 3 heterocycles. The minimum absolute atomic E-state index is 0.0188. The summed E-state index contributed by atoms with van der Waals surface area (Å²) in [6, 6.07) is 8.30. The summed E-state index contributed by atoms with van der Waals surface area (Å²) in [7, 11) is -2.07. The summed E-state index contributed by atoms with van der Waals surface area (Å²) in [6.07, 6.45) is 0.431. The molecule has 1 unspecified atom stereocenters. The lowest BCUT2D eigenvalue weighted by molar-refractivity contribution is 0.122. The van der Waals surface area contributed by atoms with E-state index in [1.54, 1.807) is 0 Å². The van der Waals surface area contributed by atoms with Crippen LogP contribution in [0.15, 0.2) is 24.3 Å². The number of benzene rings is 1. The SMILES string of the molecule is Cc1cccc(Cc2c(C(C)O[Si](C)(C)C(C)(C)C)nc3c(C(=N)N)cc(N4CCOCC4)nn23)c1C. The van der Waals surface area contributed by atoms with Crippen LogP contribution in [0.1, 0.15) is 67.4 Å². The van der Waals surface area contributed by atoms with Gasteiger partial charge in [-0.15, -0.1) is 5.10 Å². The third-order valence-electron chi connectivity index (χ3n) is 8.06. The molecule has 0 amide bonds. The molecular formula is C28H42N6O2Si. The van der Waals surface area contributed by atoms with Crippen molar-refractivity contribution in [1.82, 2.24) is 14.6 Å². The number of ether oxygens (including phenoxy) is 1. The molecule has 0 aliphatic carbocycles. The van der Waals surface area contributed by atoms with Crippen molar-refractivity contribution < 1.29 is 9.16 Å². The summed E-state index contributed by atoms with van der Waals surface area (Å²) in [6.45, 7) is 20.4. The zero-order chi connectivity index (χ0) is 27.1. The zero-order valence-electron chi connectivity index (χ0n) is 23.6. The predicted molar refractivity (Wildman–Crippen MR) is 152 cm³/mol. The van der Waals surface area contributed by atoms with Gasteiger partial charge < -0.3 is 19.8 Å². The lowest BCUT2D eigenvalue weighted by atomic mass is 9.98. The zero-order valence-corrected chi connectivity index (χ0v) is 24.6. The number of amidine groups is 1. The Balaban J connectivity index is 1.92. The number of anilines is 1. The van der Waals surface area contributed by atoms with Gasteiger partial charge in [0.2, 0.25) is 0 Å². The molecule has 8 nitrogen and oxygen atoms in total. The second-order valence-corrected chi connectivity index (χ2v) is 16.4. The van der Waals surface area contributed by atoms with E-state index in [2.05, 4.69) is 77.7 Å². The minimum Gasteiger partial charge on any atom is -0.409 e. The van der Waals surface area contributed by atoms with Gasteiger partial charge in [-0.25, -0.2) is 9.50 Å². The minimum atomic E-state index is -2.07. The Hall–Kier alpha value is -2.75. The standard InChI is InChI=1S/C28H42N6O2Si/c1-18-10-9-11-21(19(18)2)16-23-25(20(3)36-37(7,8)28(4,5)6)31-27-22(26(29)30)17-24(32-34(23)27)33-12-14-35-15-13-33/h9-11,17,20H,12-16H2,1-8H3,(H3,29,30). The monoisotopic (exact) mass is 522 g/mol. The van der Waals surface area contributed by atoms with E-state index >= 15 is 0 Å². The smallest absolute Gasteiger partial charge is 0.192 e. The molecule has 1 atom stereocenters. The van der Waals surface area contributed by atoms with Crippen LogP contribution in [-0.2, 0) is 15.6 Å². The van der Waals surface area contributed by atoms with Crippen molar-refractivity contribution in [3.05, 3.63) is 57.9 Å². The first-order chi connectivity index (χ1) is 17.3. The topological polar surface area (TPSA) is 102 Å². The molecule has 200 valence electrons. The Morgan fingerprint density at radius 3 is 2.51 bits per heavy atom. The Labute approximate surface area is 221 Å². The first-order valence-electron chi connectivity index (χ1n) is 13.1. The van der Waals surface area contributed by atoms with Gasteiger partial charge >= 0.3 is 0 Å². The first-order valence-corrected chi connectivity index (χ1v) is 16.0. The summed E-state index contributed by atoms with van der Waals surface area (Å²) in [4.78, 5) is 7.25. The van der Waals surface area contributed by atoms with Crippen LogP contribution in [0.5, 0.6) is 0 Å². The predicted octanol–water partition coefficient (Wildman–Crippen LogP) is 5.14. The maximum Gasteiger partial charge on any atom is 0.192 e. The van der Waals surface area contributed by atoms with E-state index in [1.807, 2.05) is 10.6 Å². The molecule has 1 aliphatic heterocycles. The fourth-order valence-corrected chi connectivity index (χ4v) is 5.91. The molecular weight excluding hydrogens is 480 g/mol. The highest BCUT2D eigenvalue weighted by Gasteiger charge is 2.39. The molecule has 0 saturated carbocycles. The second-order valence-electron chi connectivity index (χ2n) is 11.7. The van der Waals surface area contributed by atoms with Crippen molar-refractivity contribution >= 4 is 25.6 Å². The fourth-order valence-electron chi connectivity index (χ4n) is 4.56. The Kier molecular flexibility index (Phi) is 7.51. The van der Waals surface area contributed by atoms with Gasteiger partial charge in [-0.05, 0) is 61.7 Å². The number of hydrogen-bond acceptors (Lipinski definition) is 6. The van der Waals surface area contributed by atoms with Crippen molar-refractivity contribution in [3.8, 4) is 0 Å². The van der Waals surface area contributed by atoms with E-state index in [0.717, 1.165) is 30.3 Å². The summed E-state index contributed by atoms with van der Waals surface area (Å²) in [5.74, 6) is 0.764. The van der Waals surface area contributed by atoms with Crippen molar-refractivity contribution in [2.24, 2.45) is 5.73 Å². The van der Waals surface area contributed by atoms with Crippen LogP contribution < -0.4 is 10.6 Å². The van der Waals surface area contributed by atoms with Crippen LogP contribution in [-0.4, -0.2) is 55.1 Å². The van der Waals surface area contributed by atoms with Crippen LogP contribution in [0, 0.1) is 19.3 Å². The van der Waals surface area contributed by atoms with Gasteiger partial charge in [0.15, 0.2) is 19.8 Å². The van der Waals surface area contributed by atoms with E-state index < -0.39 is 8.32 Å². The third-order valence-corrected chi connectivity index (χ3v) is 12.6. The molecule has 9 heteroatoms. The van der Waals surface area contributed by atoms with Gasteiger partial charge in [0.05, 0.1) is 36.3 Å². The van der Waals surface area contributed by atoms with Gasteiger partial charge in [-0.2, -0.15) is 0 Å². The number of nitrogen functional groups attached to an aromatic ring is 1. The van der Waals surface area contributed by atoms with E-state index in [1.165, 1.54) is 16.7 Å². The fraction of sp³-hybridized carbons (Fsp3) is 0.536. The molecule has 3 N–H and O–H groups in total. The normalized spacial score (nSPS) is 15.8. The highest BCUT2D eigenvalue weighted by molar-refractivity contribution is 6.74. The average molecular weight is 523 g/mol. The highest BCUT2D eigenvalue weighted by atomic mass is 28.4. The van der Waals surface area contributed by atoms with Crippen LogP contribution in [0.4, 0.5) is 5.82 Å². The van der Waals surface area contributed by atoms with Crippen molar-refractivity contribution in [1.29, 1.82) is 5.41 Å². The maximum absolute atomic E-state index is 8.35. The summed E-state index contributed by atoms with van der Waals surface area (Å²) in [5, 5.41) is 13.5. The third kappa shape index (κ3) is 5.44. The Bertz CT molecular complexity index is 1300. The number of morpholine rings is 1. The van der Waals surface area contributed by atoms with Gasteiger partial charge in [0.1, 0.15) is 5.84 Å². The number of nitrogens with zero attached hydrogens (tertiary/aromatic N) is 4. The molecule has 1 fully saturated rings. The lowest BCUT2D eigenvalue weighted by Crippen LogP contribution is -2.41. The molecule has 4 rings (SSSR count). The van der Waals surface area contributed by atoms with Crippen molar-refractivity contribution in [2.75, 3.05) is 31.2 Å². The van der Waals surface area contributed by atoms with Gasteiger partial charge in [0, 0.05) is 19.5 Å². The molecule has 0 radical (unpaired) electrons. The molecule has 0 bridgehead atoms. The highest BCUT2D eigenvalue weighted by Crippen LogP contribution is 2.40. The molecule has 1 saturated heterocycles. The Morgan fingerprint density at radius 2 is 1.89 bits per heavy atom. The number of nitrogens with two attached hydrogens (primary N) is 1. The molecule has 1 aromatic carbocycles. The Morgan fingerprint density at radius 1 is 1.22 bits per heavy atom. The second kappa shape index (κ2) is 10.2. The number of rotatable bonds is 7. The van der Waals surface area contributed by atoms with Crippen LogP contribution in [0.2, 0.25) is 18.1 Å². The number of fused-ring (bicyclic) bond motifs is 1. The number of imidazole rings is 1. The van der Waals surface area contributed by atoms with Crippen molar-refractivity contribution in [3.63, 3.8) is 0 Å². The van der Waals surface area contributed by atoms with E-state index in [0.29, 0.717) is 30.8 Å². The van der Waals surface area contributed by atoms with Gasteiger partial charge in [0.25, 0.3) is 0 Å². The maximum atomic E-state index is 8.35. The van der Waals surface area contributed by atoms with E-state index in [9.17, 15) is 0 Å². The largest absolute Gasteiger partial charge is 0.409 e. The van der Waals surface area contributed by atoms with Crippen LogP contribution in [0.25, 0.3) is 5.65 Å². The van der Waals surface area contributed by atoms with Gasteiger partial charge in [-0.3, -0.25) is 5.41 Å². The molecule has 0 spiro atoms. The molecule has 37 heavy (non-hydrogen) atoms. The summed E-state index contributed by atoms with van der Waals surface area (Å²) >= 11 is 0. The summed E-state index contributed by atoms with van der Waals surface area (Å²) in [5.41, 5.74) is 12.9. The number of hydrogen-bond donors (Lipinski definition) is 2. The molecule has 3 aromatic rings. The van der Waals surface area contributed by atoms with Gasteiger partial charge in [-0.1, -0.05) is 39.0 Å².